The van der Waals surface area contributed by atoms with Crippen molar-refractivity contribution in [1.82, 2.24) is 9.80 Å². The quantitative estimate of drug-likeness (QED) is 0.259. The van der Waals surface area contributed by atoms with Crippen LogP contribution in [0.1, 0.15) is 34.3 Å². The molecule has 0 radical (unpaired) electrons. The van der Waals surface area contributed by atoms with E-state index in [0.29, 0.717) is 28.7 Å². The summed E-state index contributed by atoms with van der Waals surface area (Å²) >= 11 is 6.13. The van der Waals surface area contributed by atoms with E-state index in [4.69, 9.17) is 30.2 Å². The molecule has 0 spiro atoms. The van der Waals surface area contributed by atoms with Crippen molar-refractivity contribution in [2.75, 3.05) is 26.5 Å². The summed E-state index contributed by atoms with van der Waals surface area (Å²) in [7, 11) is 0. The topological polar surface area (TPSA) is 98.5 Å². The SMILES string of the molecule is O=C(CN(CC1CCCO1)C(=O)c1ccccc1F)N(Cc1ccc2c(c1)OCO2)Cc1coc2ccc(Cl)cc2c1=O. The van der Waals surface area contributed by atoms with Gasteiger partial charge in [-0.3, -0.25) is 14.4 Å². The number of rotatable bonds is 9. The zero-order valence-corrected chi connectivity index (χ0v) is 23.8. The standard InChI is InChI=1S/C32H28ClFN2O7/c33-22-8-10-27-25(13-22)31(38)21(18-41-27)15-35(14-20-7-9-28-29(12-20)43-19-42-28)30(37)17-36(16-23-4-3-11-40-23)32(39)24-5-1-2-6-26(24)34/h1-2,5-10,12-13,18,23H,3-4,11,14-17,19H2. The van der Waals surface area contributed by atoms with Crippen molar-refractivity contribution in [2.45, 2.75) is 32.0 Å². The lowest BCUT2D eigenvalue weighted by Crippen LogP contribution is -2.45. The summed E-state index contributed by atoms with van der Waals surface area (Å²) in [6.45, 7) is 0.385. The number of fused-ring (bicyclic) bond motifs is 2. The highest BCUT2D eigenvalue weighted by molar-refractivity contribution is 6.31. The molecule has 6 rings (SSSR count). The summed E-state index contributed by atoms with van der Waals surface area (Å²) in [5, 5.41) is 0.664. The molecule has 2 aliphatic rings. The second kappa shape index (κ2) is 12.4. The van der Waals surface area contributed by atoms with Gasteiger partial charge in [0.05, 0.1) is 35.4 Å². The van der Waals surface area contributed by atoms with Gasteiger partial charge in [-0.05, 0) is 60.9 Å². The maximum absolute atomic E-state index is 14.6. The van der Waals surface area contributed by atoms with Gasteiger partial charge in [0.1, 0.15) is 17.9 Å². The molecule has 11 heteroatoms. The minimum Gasteiger partial charge on any atom is -0.464 e. The summed E-state index contributed by atoms with van der Waals surface area (Å²) in [6, 6.07) is 15.7. The van der Waals surface area contributed by atoms with Gasteiger partial charge in [0.25, 0.3) is 5.91 Å². The van der Waals surface area contributed by atoms with Gasteiger partial charge in [-0.2, -0.15) is 0 Å². The number of hydrogen-bond acceptors (Lipinski definition) is 7. The zero-order chi connectivity index (χ0) is 29.9. The van der Waals surface area contributed by atoms with Crippen LogP contribution >= 0.6 is 11.6 Å². The van der Waals surface area contributed by atoms with Gasteiger partial charge in [-0.1, -0.05) is 29.8 Å². The third-order valence-electron chi connectivity index (χ3n) is 7.50. The van der Waals surface area contributed by atoms with E-state index in [1.165, 1.54) is 40.3 Å². The highest BCUT2D eigenvalue weighted by Crippen LogP contribution is 2.33. The predicted octanol–water partition coefficient (Wildman–Crippen LogP) is 5.16. The Morgan fingerprint density at radius 1 is 0.977 bits per heavy atom. The Balaban J connectivity index is 1.32. The van der Waals surface area contributed by atoms with Crippen molar-refractivity contribution in [2.24, 2.45) is 0 Å². The Morgan fingerprint density at radius 2 is 1.81 bits per heavy atom. The normalized spacial score (nSPS) is 15.5. The van der Waals surface area contributed by atoms with E-state index in [1.807, 2.05) is 0 Å². The van der Waals surface area contributed by atoms with Crippen molar-refractivity contribution >= 4 is 34.4 Å². The van der Waals surface area contributed by atoms with Crippen LogP contribution < -0.4 is 14.9 Å². The first-order valence-electron chi connectivity index (χ1n) is 13.9. The van der Waals surface area contributed by atoms with E-state index in [0.717, 1.165) is 18.4 Å². The predicted molar refractivity (Wildman–Crippen MR) is 156 cm³/mol. The third kappa shape index (κ3) is 6.35. The fourth-order valence-corrected chi connectivity index (χ4v) is 5.44. The molecule has 4 aromatic rings. The fraction of sp³-hybridized carbons (Fsp3) is 0.281. The first-order valence-corrected chi connectivity index (χ1v) is 14.2. The second-order valence-corrected chi connectivity index (χ2v) is 10.9. The highest BCUT2D eigenvalue weighted by Gasteiger charge is 2.29. The van der Waals surface area contributed by atoms with Crippen LogP contribution in [-0.4, -0.2) is 54.2 Å². The molecule has 43 heavy (non-hydrogen) atoms. The molecular formula is C32H28ClFN2O7. The van der Waals surface area contributed by atoms with Crippen LogP contribution in [0.5, 0.6) is 11.5 Å². The maximum atomic E-state index is 14.6. The van der Waals surface area contributed by atoms with Crippen LogP contribution in [0.25, 0.3) is 11.0 Å². The minimum absolute atomic E-state index is 0.0875. The molecular weight excluding hydrogens is 579 g/mol. The van der Waals surface area contributed by atoms with E-state index < -0.39 is 17.6 Å². The van der Waals surface area contributed by atoms with Crippen LogP contribution in [0.3, 0.4) is 0 Å². The lowest BCUT2D eigenvalue weighted by molar-refractivity contribution is -0.133. The van der Waals surface area contributed by atoms with Crippen molar-refractivity contribution < 1.29 is 32.6 Å². The van der Waals surface area contributed by atoms with Gasteiger partial charge < -0.3 is 28.4 Å². The number of benzene rings is 3. The van der Waals surface area contributed by atoms with Crippen LogP contribution in [0.4, 0.5) is 4.39 Å². The smallest absolute Gasteiger partial charge is 0.257 e. The van der Waals surface area contributed by atoms with E-state index in [9.17, 15) is 18.8 Å². The number of hydrogen-bond donors (Lipinski definition) is 0. The van der Waals surface area contributed by atoms with Crippen LogP contribution in [-0.2, 0) is 22.6 Å². The second-order valence-electron chi connectivity index (χ2n) is 10.5. The summed E-state index contributed by atoms with van der Waals surface area (Å²) in [5.41, 5.74) is 0.852. The molecule has 1 saturated heterocycles. The van der Waals surface area contributed by atoms with E-state index in [2.05, 4.69) is 0 Å². The number of carbonyl (C=O) groups is 2. The molecule has 0 saturated carbocycles. The van der Waals surface area contributed by atoms with Gasteiger partial charge in [0.2, 0.25) is 12.7 Å². The Bertz CT molecular complexity index is 1740. The van der Waals surface area contributed by atoms with Gasteiger partial charge in [-0.25, -0.2) is 4.39 Å². The number of nitrogens with zero attached hydrogens (tertiary/aromatic N) is 2. The number of amides is 2. The van der Waals surface area contributed by atoms with Crippen molar-refractivity contribution in [3.8, 4) is 11.5 Å². The van der Waals surface area contributed by atoms with Crippen molar-refractivity contribution in [3.05, 3.63) is 105 Å². The van der Waals surface area contributed by atoms with Gasteiger partial charge >= 0.3 is 0 Å². The van der Waals surface area contributed by atoms with Gasteiger partial charge in [0.15, 0.2) is 16.9 Å². The average molecular weight is 607 g/mol. The lowest BCUT2D eigenvalue weighted by Gasteiger charge is -2.29. The highest BCUT2D eigenvalue weighted by atomic mass is 35.5. The fourth-order valence-electron chi connectivity index (χ4n) is 5.27. The maximum Gasteiger partial charge on any atom is 0.257 e. The Hall–Kier alpha value is -4.41. The molecule has 2 aliphatic heterocycles. The Kier molecular flexibility index (Phi) is 8.31. The zero-order valence-electron chi connectivity index (χ0n) is 23.1. The molecule has 1 aromatic heterocycles. The van der Waals surface area contributed by atoms with E-state index in [1.54, 1.807) is 36.4 Å². The molecule has 0 bridgehead atoms. The summed E-state index contributed by atoms with van der Waals surface area (Å²) in [6.07, 6.45) is 2.60. The molecule has 3 aromatic carbocycles. The molecule has 0 aliphatic carbocycles. The minimum atomic E-state index is -0.679. The summed E-state index contributed by atoms with van der Waals surface area (Å²) < 4.78 is 37.0. The number of halogens is 2. The first kappa shape index (κ1) is 28.7. The van der Waals surface area contributed by atoms with Crippen LogP contribution in [0, 0.1) is 5.82 Å². The molecule has 3 heterocycles. The molecule has 2 amide bonds. The van der Waals surface area contributed by atoms with Crippen molar-refractivity contribution in [3.63, 3.8) is 0 Å². The third-order valence-corrected chi connectivity index (χ3v) is 7.73. The largest absolute Gasteiger partial charge is 0.464 e. The van der Waals surface area contributed by atoms with E-state index >= 15 is 0 Å². The molecule has 0 N–H and O–H groups in total. The lowest BCUT2D eigenvalue weighted by atomic mass is 10.1. The molecule has 9 nitrogen and oxygen atoms in total. The molecule has 222 valence electrons. The van der Waals surface area contributed by atoms with Gasteiger partial charge in [-0.15, -0.1) is 0 Å². The Morgan fingerprint density at radius 3 is 2.63 bits per heavy atom. The Labute approximate surface area is 251 Å². The molecule has 1 fully saturated rings. The number of carbonyl (C=O) groups excluding carboxylic acids is 2. The van der Waals surface area contributed by atoms with Gasteiger partial charge in [0, 0.05) is 24.7 Å². The average Bonchev–Trinajstić information content (AvgIpc) is 3.70. The summed E-state index contributed by atoms with van der Waals surface area (Å²) in [4.78, 5) is 43.7. The summed E-state index contributed by atoms with van der Waals surface area (Å²) in [5.74, 6) is -0.621. The van der Waals surface area contributed by atoms with Crippen LogP contribution in [0.15, 0.2) is 76.1 Å². The first-order chi connectivity index (χ1) is 20.9. The van der Waals surface area contributed by atoms with E-state index in [-0.39, 0.29) is 61.0 Å². The number of ether oxygens (including phenoxy) is 3. The van der Waals surface area contributed by atoms with Crippen LogP contribution in [0.2, 0.25) is 5.02 Å². The molecule has 1 atom stereocenters. The van der Waals surface area contributed by atoms with Crippen molar-refractivity contribution in [1.29, 1.82) is 0 Å². The molecule has 1 unspecified atom stereocenters. The monoisotopic (exact) mass is 606 g/mol.